The van der Waals surface area contributed by atoms with E-state index in [1.807, 2.05) is 105 Å². The lowest BCUT2D eigenvalue weighted by atomic mass is 9.94. The molecule has 0 aliphatic carbocycles. The molecule has 5 heteroatoms. The van der Waals surface area contributed by atoms with Gasteiger partial charge in [0.05, 0.1) is 13.2 Å². The molecule has 2 atom stereocenters. The Morgan fingerprint density at radius 1 is 0.833 bits per heavy atom. The summed E-state index contributed by atoms with van der Waals surface area (Å²) in [6.07, 6.45) is -0.460. The highest BCUT2D eigenvalue weighted by molar-refractivity contribution is 6.92. The van der Waals surface area contributed by atoms with Crippen molar-refractivity contribution in [1.29, 1.82) is 0 Å². The number of hydrogen-bond donors (Lipinski definition) is 0. The van der Waals surface area contributed by atoms with Gasteiger partial charge < -0.3 is 13.6 Å². The number of rotatable bonds is 9. The maximum absolute atomic E-state index is 12.7. The molecule has 0 saturated heterocycles. The summed E-state index contributed by atoms with van der Waals surface area (Å²) in [5, 5.41) is 2.00. The van der Waals surface area contributed by atoms with E-state index in [4.69, 9.17) is 13.6 Å². The lowest BCUT2D eigenvalue weighted by molar-refractivity contribution is -0.144. The third-order valence-corrected chi connectivity index (χ3v) is 8.68. The Morgan fingerprint density at radius 2 is 1.30 bits per heavy atom. The van der Waals surface area contributed by atoms with Crippen molar-refractivity contribution in [3.63, 3.8) is 0 Å². The van der Waals surface area contributed by atoms with Crippen LogP contribution in [-0.2, 0) is 18.4 Å². The smallest absolute Gasteiger partial charge is 0.407 e. The number of carbonyl (C=O) groups excluding carboxylic acids is 1. The van der Waals surface area contributed by atoms with E-state index in [2.05, 4.69) is 0 Å². The van der Waals surface area contributed by atoms with Gasteiger partial charge in [-0.3, -0.25) is 4.79 Å². The molecule has 0 aromatic heterocycles. The third kappa shape index (κ3) is 4.70. The van der Waals surface area contributed by atoms with Crippen LogP contribution in [0.15, 0.2) is 91.0 Å². The highest BCUT2D eigenvalue weighted by Crippen LogP contribution is 2.26. The van der Waals surface area contributed by atoms with Crippen LogP contribution in [-0.4, -0.2) is 34.4 Å². The molecular formula is C25H28O4Si. The fourth-order valence-electron chi connectivity index (χ4n) is 3.74. The van der Waals surface area contributed by atoms with Gasteiger partial charge in [0.2, 0.25) is 0 Å². The van der Waals surface area contributed by atoms with Gasteiger partial charge in [0.1, 0.15) is 5.92 Å². The monoisotopic (exact) mass is 420 g/mol. The molecule has 0 unspecified atom stereocenters. The van der Waals surface area contributed by atoms with Crippen LogP contribution in [0, 0.1) is 0 Å². The van der Waals surface area contributed by atoms with Crippen molar-refractivity contribution in [1.82, 2.24) is 0 Å². The maximum Gasteiger partial charge on any atom is 0.407 e. The first-order valence-electron chi connectivity index (χ1n) is 10.2. The molecule has 0 saturated carbocycles. The molecule has 0 N–H and O–H groups in total. The van der Waals surface area contributed by atoms with E-state index in [1.54, 1.807) is 0 Å². The minimum absolute atomic E-state index is 0.325. The van der Waals surface area contributed by atoms with E-state index in [-0.39, 0.29) is 5.97 Å². The average molecular weight is 421 g/mol. The van der Waals surface area contributed by atoms with Gasteiger partial charge in [-0.15, -0.1) is 0 Å². The first-order valence-corrected chi connectivity index (χ1v) is 12.0. The Kier molecular flexibility index (Phi) is 7.57. The minimum atomic E-state index is -3.07. The normalized spacial score (nSPS) is 13.4. The standard InChI is InChI=1S/C25H28O4Si/c1-4-28-30(22-16-10-6-11-17-22,23-18-12-7-13-19-23)29-20(2)24(25(26)27-3)21-14-8-5-9-15-21/h5-20,24H,4H2,1-3H3/t20-,24-/m0/s1. The second kappa shape index (κ2) is 10.3. The van der Waals surface area contributed by atoms with Gasteiger partial charge in [0, 0.05) is 6.61 Å². The topological polar surface area (TPSA) is 44.8 Å². The number of hydrogen-bond acceptors (Lipinski definition) is 4. The molecule has 4 nitrogen and oxygen atoms in total. The third-order valence-electron chi connectivity index (χ3n) is 5.09. The summed E-state index contributed by atoms with van der Waals surface area (Å²) >= 11 is 0. The van der Waals surface area contributed by atoms with Gasteiger partial charge in [-0.25, -0.2) is 0 Å². The zero-order chi connectivity index (χ0) is 21.4. The largest absolute Gasteiger partial charge is 0.468 e. The van der Waals surface area contributed by atoms with Crippen molar-refractivity contribution in [3.8, 4) is 0 Å². The van der Waals surface area contributed by atoms with Gasteiger partial charge in [-0.2, -0.15) is 0 Å². The summed E-state index contributed by atoms with van der Waals surface area (Å²) in [6, 6.07) is 29.7. The van der Waals surface area contributed by atoms with Crippen LogP contribution in [0.3, 0.4) is 0 Å². The molecule has 0 aliphatic heterocycles. The Morgan fingerprint density at radius 3 is 1.73 bits per heavy atom. The summed E-state index contributed by atoms with van der Waals surface area (Å²) < 4.78 is 18.4. The molecule has 3 rings (SSSR count). The molecule has 0 amide bonds. The molecule has 3 aromatic rings. The highest BCUT2D eigenvalue weighted by Gasteiger charge is 2.46. The number of benzene rings is 3. The minimum Gasteiger partial charge on any atom is -0.468 e. The van der Waals surface area contributed by atoms with E-state index in [9.17, 15) is 4.79 Å². The Bertz CT molecular complexity index is 876. The number of esters is 1. The fraction of sp³-hybridized carbons (Fsp3) is 0.240. The van der Waals surface area contributed by atoms with Gasteiger partial charge in [-0.1, -0.05) is 91.0 Å². The lowest BCUT2D eigenvalue weighted by Gasteiger charge is -2.36. The van der Waals surface area contributed by atoms with Gasteiger partial charge in [-0.05, 0) is 29.8 Å². The van der Waals surface area contributed by atoms with Crippen molar-refractivity contribution in [2.24, 2.45) is 0 Å². The second-order valence-electron chi connectivity index (χ2n) is 7.02. The van der Waals surface area contributed by atoms with Crippen LogP contribution in [0.1, 0.15) is 25.3 Å². The summed E-state index contributed by atoms with van der Waals surface area (Å²) in [6.45, 7) is 4.38. The van der Waals surface area contributed by atoms with Gasteiger partial charge in [0.25, 0.3) is 0 Å². The fourth-order valence-corrected chi connectivity index (χ4v) is 7.07. The van der Waals surface area contributed by atoms with Crippen LogP contribution >= 0.6 is 0 Å². The number of methoxy groups -OCH3 is 1. The average Bonchev–Trinajstić information content (AvgIpc) is 2.80. The molecule has 0 spiro atoms. The molecule has 0 heterocycles. The molecule has 30 heavy (non-hydrogen) atoms. The van der Waals surface area contributed by atoms with Crippen LogP contribution in [0.25, 0.3) is 0 Å². The van der Waals surface area contributed by atoms with Crippen molar-refractivity contribution in [2.75, 3.05) is 13.7 Å². The van der Waals surface area contributed by atoms with Crippen molar-refractivity contribution >= 4 is 24.9 Å². The zero-order valence-electron chi connectivity index (χ0n) is 17.7. The summed E-state index contributed by atoms with van der Waals surface area (Å²) in [5.74, 6) is -0.884. The van der Waals surface area contributed by atoms with Crippen molar-refractivity contribution in [3.05, 3.63) is 96.6 Å². The Hall–Kier alpha value is -2.73. The van der Waals surface area contributed by atoms with E-state index in [0.717, 1.165) is 15.9 Å². The predicted octanol–water partition coefficient (Wildman–Crippen LogP) is 3.64. The summed E-state index contributed by atoms with van der Waals surface area (Å²) in [7, 11) is -1.66. The van der Waals surface area contributed by atoms with E-state index in [1.165, 1.54) is 7.11 Å². The predicted molar refractivity (Wildman–Crippen MR) is 121 cm³/mol. The van der Waals surface area contributed by atoms with Gasteiger partial charge >= 0.3 is 14.5 Å². The Balaban J connectivity index is 2.08. The second-order valence-corrected chi connectivity index (χ2v) is 9.93. The van der Waals surface area contributed by atoms with Crippen LogP contribution in [0.2, 0.25) is 0 Å². The van der Waals surface area contributed by atoms with Crippen LogP contribution < -0.4 is 10.4 Å². The highest BCUT2D eigenvalue weighted by atomic mass is 28.4. The number of carbonyl (C=O) groups is 1. The van der Waals surface area contributed by atoms with Crippen molar-refractivity contribution in [2.45, 2.75) is 25.9 Å². The molecular weight excluding hydrogens is 392 g/mol. The lowest BCUT2D eigenvalue weighted by Crippen LogP contribution is -2.65. The summed E-state index contributed by atoms with van der Waals surface area (Å²) in [5.41, 5.74) is 0.859. The first-order chi connectivity index (χ1) is 14.6. The van der Waals surface area contributed by atoms with E-state index >= 15 is 0 Å². The van der Waals surface area contributed by atoms with Crippen molar-refractivity contribution < 1.29 is 18.4 Å². The van der Waals surface area contributed by atoms with E-state index < -0.39 is 20.6 Å². The molecule has 3 aromatic carbocycles. The summed E-state index contributed by atoms with van der Waals surface area (Å²) in [4.78, 5) is 12.7. The van der Waals surface area contributed by atoms with Crippen LogP contribution in [0.5, 0.6) is 0 Å². The molecule has 156 valence electrons. The van der Waals surface area contributed by atoms with Crippen LogP contribution in [0.4, 0.5) is 0 Å². The molecule has 0 radical (unpaired) electrons. The first kappa shape index (κ1) is 22.0. The van der Waals surface area contributed by atoms with E-state index in [0.29, 0.717) is 6.61 Å². The molecule has 0 aliphatic rings. The zero-order valence-corrected chi connectivity index (χ0v) is 18.7. The molecule has 0 fully saturated rings. The molecule has 0 bridgehead atoms. The Labute approximate surface area is 179 Å². The maximum atomic E-state index is 12.7. The number of ether oxygens (including phenoxy) is 1. The van der Waals surface area contributed by atoms with Gasteiger partial charge in [0.15, 0.2) is 0 Å². The quantitative estimate of drug-likeness (QED) is 0.392. The SMILES string of the molecule is CCO[Si](O[C@@H](C)[C@H](C(=O)OC)c1ccccc1)(c1ccccc1)c1ccccc1.